The monoisotopic (exact) mass is 458 g/mol. The van der Waals surface area contributed by atoms with Crippen molar-refractivity contribution in [2.75, 3.05) is 18.8 Å². The highest BCUT2D eigenvalue weighted by atomic mass is 19.4. The van der Waals surface area contributed by atoms with E-state index in [1.54, 1.807) is 4.90 Å². The highest BCUT2D eigenvalue weighted by Gasteiger charge is 2.51. The van der Waals surface area contributed by atoms with Crippen LogP contribution in [0, 0.1) is 0 Å². The van der Waals surface area contributed by atoms with Gasteiger partial charge in [-0.3, -0.25) is 4.68 Å². The van der Waals surface area contributed by atoms with E-state index >= 15 is 0 Å². The predicted octanol–water partition coefficient (Wildman–Crippen LogP) is 3.29. The Bertz CT molecular complexity index is 1190. The van der Waals surface area contributed by atoms with E-state index in [1.807, 2.05) is 41.1 Å². The van der Waals surface area contributed by atoms with Gasteiger partial charge in [0.1, 0.15) is 0 Å². The number of aromatic nitrogens is 3. The number of amides is 2. The number of nitrogens with two attached hydrogens (primary N) is 1. The molecule has 3 N–H and O–H groups in total. The Morgan fingerprint density at radius 1 is 1.21 bits per heavy atom. The molecular weight excluding hydrogens is 437 g/mol. The number of nitrogens with zero attached hydrogens (tertiary/aromatic N) is 4. The zero-order valence-corrected chi connectivity index (χ0v) is 17.5. The number of rotatable bonds is 4. The van der Waals surface area contributed by atoms with Crippen LogP contribution in [-0.4, -0.2) is 45.1 Å². The van der Waals surface area contributed by atoms with Gasteiger partial charge in [-0.25, -0.2) is 9.78 Å². The first kappa shape index (κ1) is 21.1. The van der Waals surface area contributed by atoms with Crippen LogP contribution in [0.5, 0.6) is 5.75 Å². The van der Waals surface area contributed by atoms with E-state index in [-0.39, 0.29) is 17.3 Å². The third-order valence-corrected chi connectivity index (χ3v) is 6.09. The van der Waals surface area contributed by atoms with E-state index < -0.39 is 12.1 Å². The minimum Gasteiger partial charge on any atom is -0.402 e. The summed E-state index contributed by atoms with van der Waals surface area (Å²) in [5.74, 6) is -0.914. The lowest BCUT2D eigenvalue weighted by atomic mass is 9.76. The number of urea groups is 1. The lowest BCUT2D eigenvalue weighted by molar-refractivity contribution is -0.274. The molecule has 0 atom stereocenters. The van der Waals surface area contributed by atoms with Crippen LogP contribution in [0.15, 0.2) is 48.7 Å². The highest BCUT2D eigenvalue weighted by Crippen LogP contribution is 2.44. The summed E-state index contributed by atoms with van der Waals surface area (Å²) in [7, 11) is 0. The summed E-state index contributed by atoms with van der Waals surface area (Å²) in [5, 5.41) is 7.46. The molecule has 172 valence electrons. The first-order chi connectivity index (χ1) is 15.7. The quantitative estimate of drug-likeness (QED) is 0.625. The standard InChI is InChI=1S/C22H21F3N6O2/c23-22(24,25)33-17-8-15(11-27-19(17)26)16-9-18-21(6-7-31(18)29-16)12-30(13-21)20(32)28-10-14-4-2-1-3-5-14/h1-5,8-9,11H,6-7,10,12-13H2,(H2,26,27)(H,28,32). The van der Waals surface area contributed by atoms with Crippen molar-refractivity contribution in [1.29, 1.82) is 0 Å². The maximum Gasteiger partial charge on any atom is 0.573 e. The van der Waals surface area contributed by atoms with Crippen LogP contribution in [0.3, 0.4) is 0 Å². The van der Waals surface area contributed by atoms with Gasteiger partial charge in [0.25, 0.3) is 0 Å². The van der Waals surface area contributed by atoms with Gasteiger partial charge in [-0.1, -0.05) is 30.3 Å². The van der Waals surface area contributed by atoms with E-state index in [9.17, 15) is 18.0 Å². The molecule has 11 heteroatoms. The zero-order valence-electron chi connectivity index (χ0n) is 17.5. The number of fused-ring (bicyclic) bond motifs is 2. The fraction of sp³-hybridized carbons (Fsp3) is 0.318. The molecule has 0 bridgehead atoms. The first-order valence-corrected chi connectivity index (χ1v) is 10.4. The average molecular weight is 458 g/mol. The second-order valence-electron chi connectivity index (χ2n) is 8.32. The lowest BCUT2D eigenvalue weighted by Gasteiger charge is -2.47. The third-order valence-electron chi connectivity index (χ3n) is 6.09. The molecule has 0 saturated carbocycles. The topological polar surface area (TPSA) is 98.3 Å². The van der Waals surface area contributed by atoms with Crippen LogP contribution < -0.4 is 15.8 Å². The molecule has 2 aliphatic rings. The second kappa shape index (κ2) is 7.68. The van der Waals surface area contributed by atoms with E-state index in [2.05, 4.69) is 20.1 Å². The molecule has 0 unspecified atom stereocenters. The molecule has 1 saturated heterocycles. The number of benzene rings is 1. The van der Waals surface area contributed by atoms with Crippen molar-refractivity contribution < 1.29 is 22.7 Å². The Kier molecular flexibility index (Phi) is 4.91. The molecule has 33 heavy (non-hydrogen) atoms. The van der Waals surface area contributed by atoms with Gasteiger partial charge in [-0.2, -0.15) is 5.10 Å². The molecule has 1 fully saturated rings. The van der Waals surface area contributed by atoms with Crippen molar-refractivity contribution in [3.8, 4) is 17.0 Å². The largest absolute Gasteiger partial charge is 0.573 e. The number of hydrogen-bond donors (Lipinski definition) is 2. The molecule has 1 spiro atoms. The smallest absolute Gasteiger partial charge is 0.402 e. The van der Waals surface area contributed by atoms with Gasteiger partial charge in [-0.05, 0) is 24.1 Å². The summed E-state index contributed by atoms with van der Waals surface area (Å²) in [4.78, 5) is 18.1. The maximum atomic E-state index is 12.6. The molecule has 8 nitrogen and oxygen atoms in total. The third kappa shape index (κ3) is 4.06. The Morgan fingerprint density at radius 2 is 1.97 bits per heavy atom. The number of likely N-dealkylation sites (tertiary alicyclic amines) is 1. The predicted molar refractivity (Wildman–Crippen MR) is 113 cm³/mol. The van der Waals surface area contributed by atoms with Crippen molar-refractivity contribution in [3.63, 3.8) is 0 Å². The molecule has 0 aliphatic carbocycles. The van der Waals surface area contributed by atoms with Crippen LogP contribution in [0.4, 0.5) is 23.8 Å². The lowest BCUT2D eigenvalue weighted by Crippen LogP contribution is -2.62. The van der Waals surface area contributed by atoms with Crippen molar-refractivity contribution >= 4 is 11.8 Å². The Morgan fingerprint density at radius 3 is 2.70 bits per heavy atom. The molecule has 2 aromatic heterocycles. The van der Waals surface area contributed by atoms with Gasteiger partial charge in [0.15, 0.2) is 11.6 Å². The highest BCUT2D eigenvalue weighted by molar-refractivity contribution is 5.76. The number of carbonyl (C=O) groups excluding carboxylic acids is 1. The number of aryl methyl sites for hydroxylation is 1. The molecule has 3 aromatic rings. The Balaban J connectivity index is 1.28. The van der Waals surface area contributed by atoms with Crippen molar-refractivity contribution in [3.05, 3.63) is 59.9 Å². The number of ether oxygens (including phenoxy) is 1. The molecule has 5 rings (SSSR count). The van der Waals surface area contributed by atoms with E-state index in [0.717, 1.165) is 17.7 Å². The fourth-order valence-electron chi connectivity index (χ4n) is 4.44. The van der Waals surface area contributed by atoms with Crippen LogP contribution >= 0.6 is 0 Å². The first-order valence-electron chi connectivity index (χ1n) is 10.4. The van der Waals surface area contributed by atoms with E-state index in [1.165, 1.54) is 12.3 Å². The van der Waals surface area contributed by atoms with Gasteiger partial charge >= 0.3 is 12.4 Å². The van der Waals surface area contributed by atoms with Crippen molar-refractivity contribution in [1.82, 2.24) is 25.0 Å². The summed E-state index contributed by atoms with van der Waals surface area (Å²) in [6.45, 7) is 2.24. The molecule has 4 heterocycles. The summed E-state index contributed by atoms with van der Waals surface area (Å²) >= 11 is 0. The van der Waals surface area contributed by atoms with E-state index in [0.29, 0.717) is 37.4 Å². The van der Waals surface area contributed by atoms with Gasteiger partial charge in [0.2, 0.25) is 0 Å². The zero-order chi connectivity index (χ0) is 23.2. The number of nitrogen functional groups attached to an aromatic ring is 1. The Labute approximate surface area is 187 Å². The number of nitrogens with one attached hydrogen (secondary N) is 1. The van der Waals surface area contributed by atoms with Crippen LogP contribution in [-0.2, 0) is 18.5 Å². The number of hydrogen-bond acceptors (Lipinski definition) is 5. The summed E-state index contributed by atoms with van der Waals surface area (Å²) in [5.41, 5.74) is 8.15. The Hall–Kier alpha value is -3.76. The average Bonchev–Trinajstić information content (AvgIpc) is 3.32. The minimum atomic E-state index is -4.87. The number of anilines is 1. The van der Waals surface area contributed by atoms with Crippen LogP contribution in [0.25, 0.3) is 11.3 Å². The maximum absolute atomic E-state index is 12.6. The molecule has 1 aromatic carbocycles. The van der Waals surface area contributed by atoms with Gasteiger partial charge in [0, 0.05) is 49.0 Å². The molecule has 2 aliphatic heterocycles. The van der Waals surface area contributed by atoms with Gasteiger partial charge in [0.05, 0.1) is 5.69 Å². The number of alkyl halides is 3. The van der Waals surface area contributed by atoms with Crippen LogP contribution in [0.1, 0.15) is 17.7 Å². The van der Waals surface area contributed by atoms with Crippen molar-refractivity contribution in [2.45, 2.75) is 31.3 Å². The number of pyridine rings is 1. The summed E-state index contributed by atoms with van der Waals surface area (Å²) in [6, 6.07) is 12.6. The van der Waals surface area contributed by atoms with Crippen molar-refractivity contribution in [2.24, 2.45) is 0 Å². The number of carbonyl (C=O) groups is 1. The molecule has 2 amide bonds. The van der Waals surface area contributed by atoms with Gasteiger partial charge < -0.3 is 20.7 Å². The summed E-state index contributed by atoms with van der Waals surface area (Å²) in [6.07, 6.45) is -2.65. The molecule has 0 radical (unpaired) electrons. The normalized spacial score (nSPS) is 16.4. The summed E-state index contributed by atoms with van der Waals surface area (Å²) < 4.78 is 43.7. The van der Waals surface area contributed by atoms with Gasteiger partial charge in [-0.15, -0.1) is 13.2 Å². The number of halogens is 3. The SMILES string of the molecule is Nc1ncc(-c2cc3n(n2)CCC32CN(C(=O)NCc3ccccc3)C2)cc1OC(F)(F)F. The fourth-order valence-corrected chi connectivity index (χ4v) is 4.44. The minimum absolute atomic E-state index is 0.126. The second-order valence-corrected chi connectivity index (χ2v) is 8.32. The molecular formula is C22H21F3N6O2. The van der Waals surface area contributed by atoms with Crippen LogP contribution in [0.2, 0.25) is 0 Å². The van der Waals surface area contributed by atoms with E-state index in [4.69, 9.17) is 5.73 Å².